The minimum Gasteiger partial charge on any atom is -0.395 e. The zero-order valence-electron chi connectivity index (χ0n) is 9.73. The molecule has 0 spiro atoms. The molecule has 0 amide bonds. The van der Waals surface area contributed by atoms with E-state index in [1.807, 2.05) is 31.3 Å². The molecule has 0 aliphatic carbocycles. The molecule has 90 valence electrons. The summed E-state index contributed by atoms with van der Waals surface area (Å²) in [5, 5.41) is 9.93. The average molecular weight is 243 g/mol. The smallest absolute Gasteiger partial charge is 0.0599 e. The Balaban J connectivity index is 2.80. The second-order valence-corrected chi connectivity index (χ2v) is 4.40. The van der Waals surface area contributed by atoms with Crippen molar-refractivity contribution in [1.29, 1.82) is 0 Å². The van der Waals surface area contributed by atoms with Crippen molar-refractivity contribution < 1.29 is 5.11 Å². The molecule has 0 bridgehead atoms. The Labute approximate surface area is 102 Å². The van der Waals surface area contributed by atoms with Crippen LogP contribution < -0.4 is 5.73 Å². The first-order chi connectivity index (χ1) is 7.60. The maximum atomic E-state index is 9.20. The number of aliphatic hydroxyl groups is 1. The molecule has 16 heavy (non-hydrogen) atoms. The lowest BCUT2D eigenvalue weighted by Crippen LogP contribution is -2.41. The predicted molar refractivity (Wildman–Crippen MR) is 67.6 cm³/mol. The van der Waals surface area contributed by atoms with E-state index in [4.69, 9.17) is 17.3 Å². The molecule has 1 aromatic rings. The van der Waals surface area contributed by atoms with E-state index in [2.05, 4.69) is 11.8 Å². The first kappa shape index (κ1) is 13.5. The van der Waals surface area contributed by atoms with Gasteiger partial charge >= 0.3 is 0 Å². The van der Waals surface area contributed by atoms with Crippen LogP contribution in [0, 0.1) is 0 Å². The third-order valence-corrected chi connectivity index (χ3v) is 3.24. The highest BCUT2D eigenvalue weighted by atomic mass is 35.5. The summed E-state index contributed by atoms with van der Waals surface area (Å²) in [4.78, 5) is 2.06. The van der Waals surface area contributed by atoms with Gasteiger partial charge in [-0.1, -0.05) is 23.7 Å². The van der Waals surface area contributed by atoms with Crippen LogP contribution in [-0.2, 0) is 0 Å². The summed E-state index contributed by atoms with van der Waals surface area (Å²) in [7, 11) is 1.96. The molecule has 0 aromatic heterocycles. The zero-order valence-corrected chi connectivity index (χ0v) is 10.5. The van der Waals surface area contributed by atoms with Gasteiger partial charge in [0.1, 0.15) is 0 Å². The summed E-state index contributed by atoms with van der Waals surface area (Å²) in [5.41, 5.74) is 6.73. The monoisotopic (exact) mass is 242 g/mol. The van der Waals surface area contributed by atoms with Gasteiger partial charge < -0.3 is 10.8 Å². The molecule has 0 aliphatic rings. The Morgan fingerprint density at radius 1 is 1.50 bits per heavy atom. The molecule has 0 radical (unpaired) electrons. The maximum absolute atomic E-state index is 9.20. The molecule has 0 saturated carbocycles. The van der Waals surface area contributed by atoms with Crippen molar-refractivity contribution in [1.82, 2.24) is 4.90 Å². The van der Waals surface area contributed by atoms with Gasteiger partial charge in [0, 0.05) is 23.7 Å². The fraction of sp³-hybridized carbons (Fsp3) is 0.500. The largest absolute Gasteiger partial charge is 0.395 e. The Morgan fingerprint density at radius 2 is 2.19 bits per heavy atom. The van der Waals surface area contributed by atoms with Crippen LogP contribution in [0.25, 0.3) is 0 Å². The molecule has 0 heterocycles. The van der Waals surface area contributed by atoms with E-state index < -0.39 is 0 Å². The zero-order chi connectivity index (χ0) is 12.1. The van der Waals surface area contributed by atoms with Crippen LogP contribution in [0.4, 0.5) is 0 Å². The van der Waals surface area contributed by atoms with Crippen molar-refractivity contribution in [3.8, 4) is 0 Å². The minimum atomic E-state index is -0.0195. The number of halogens is 1. The summed E-state index contributed by atoms with van der Waals surface area (Å²) in [6.45, 7) is 2.58. The van der Waals surface area contributed by atoms with Crippen molar-refractivity contribution >= 4 is 11.6 Å². The van der Waals surface area contributed by atoms with Gasteiger partial charge in [-0.15, -0.1) is 0 Å². The highest BCUT2D eigenvalue weighted by Crippen LogP contribution is 2.23. The van der Waals surface area contributed by atoms with Gasteiger partial charge in [-0.05, 0) is 31.7 Å². The van der Waals surface area contributed by atoms with Crippen molar-refractivity contribution in [2.75, 3.05) is 20.2 Å². The van der Waals surface area contributed by atoms with Crippen molar-refractivity contribution in [2.24, 2.45) is 5.73 Å². The van der Waals surface area contributed by atoms with E-state index in [0.717, 1.165) is 10.6 Å². The maximum Gasteiger partial charge on any atom is 0.0599 e. The van der Waals surface area contributed by atoms with Gasteiger partial charge in [0.15, 0.2) is 0 Å². The Morgan fingerprint density at radius 3 is 2.69 bits per heavy atom. The molecule has 3 N–H and O–H groups in total. The first-order valence-electron chi connectivity index (χ1n) is 5.38. The van der Waals surface area contributed by atoms with Gasteiger partial charge in [0.2, 0.25) is 0 Å². The van der Waals surface area contributed by atoms with E-state index in [9.17, 15) is 5.11 Å². The average Bonchev–Trinajstić information content (AvgIpc) is 2.29. The lowest BCUT2D eigenvalue weighted by atomic mass is 10.1. The molecule has 3 nitrogen and oxygen atoms in total. The summed E-state index contributed by atoms with van der Waals surface area (Å²) in [6.07, 6.45) is 0. The van der Waals surface area contributed by atoms with E-state index in [1.165, 1.54) is 0 Å². The molecule has 0 saturated heterocycles. The predicted octanol–water partition coefficient (Wildman–Crippen LogP) is 1.65. The summed E-state index contributed by atoms with van der Waals surface area (Å²) in [5.74, 6) is 0. The van der Waals surface area contributed by atoms with Gasteiger partial charge in [-0.2, -0.15) is 0 Å². The van der Waals surface area contributed by atoms with Crippen LogP contribution >= 0.6 is 11.6 Å². The minimum absolute atomic E-state index is 0.0195. The number of aliphatic hydroxyl groups excluding tert-OH is 1. The number of benzene rings is 1. The molecule has 2 atom stereocenters. The van der Waals surface area contributed by atoms with Crippen LogP contribution in [0.5, 0.6) is 0 Å². The number of hydrogen-bond donors (Lipinski definition) is 2. The Bertz CT molecular complexity index is 329. The molecule has 0 fully saturated rings. The van der Waals surface area contributed by atoms with Crippen LogP contribution in [-0.4, -0.2) is 36.2 Å². The second kappa shape index (κ2) is 6.21. The number of nitrogens with zero attached hydrogens (tertiary/aromatic N) is 1. The number of nitrogens with two attached hydrogens (primary N) is 1. The molecule has 4 heteroatoms. The van der Waals surface area contributed by atoms with E-state index in [0.29, 0.717) is 6.54 Å². The van der Waals surface area contributed by atoms with Crippen molar-refractivity contribution in [3.05, 3.63) is 34.9 Å². The third kappa shape index (κ3) is 3.19. The van der Waals surface area contributed by atoms with Crippen LogP contribution in [0.2, 0.25) is 5.02 Å². The summed E-state index contributed by atoms with van der Waals surface area (Å²) in [6, 6.07) is 7.90. The second-order valence-electron chi connectivity index (χ2n) is 3.97. The van der Waals surface area contributed by atoms with Crippen LogP contribution in [0.1, 0.15) is 18.5 Å². The topological polar surface area (TPSA) is 49.5 Å². The lowest BCUT2D eigenvalue weighted by molar-refractivity contribution is 0.120. The SMILES string of the molecule is CC(c1cccc(Cl)c1)N(C)C(CN)CO. The van der Waals surface area contributed by atoms with Crippen LogP contribution in [0.3, 0.4) is 0 Å². The van der Waals surface area contributed by atoms with Crippen molar-refractivity contribution in [3.63, 3.8) is 0 Å². The Kier molecular flexibility index (Phi) is 5.22. The molecular weight excluding hydrogens is 224 g/mol. The molecule has 1 aromatic carbocycles. The molecule has 1 rings (SSSR count). The summed E-state index contributed by atoms with van der Waals surface area (Å²) < 4.78 is 0. The van der Waals surface area contributed by atoms with Gasteiger partial charge in [0.25, 0.3) is 0 Å². The quantitative estimate of drug-likeness (QED) is 0.826. The highest BCUT2D eigenvalue weighted by Gasteiger charge is 2.19. The van der Waals surface area contributed by atoms with Gasteiger partial charge in [0.05, 0.1) is 6.61 Å². The van der Waals surface area contributed by atoms with E-state index in [-0.39, 0.29) is 18.7 Å². The number of hydrogen-bond acceptors (Lipinski definition) is 3. The van der Waals surface area contributed by atoms with Gasteiger partial charge in [-0.3, -0.25) is 4.90 Å². The van der Waals surface area contributed by atoms with Crippen molar-refractivity contribution in [2.45, 2.75) is 19.0 Å². The number of likely N-dealkylation sites (N-methyl/N-ethyl adjacent to an activating group) is 1. The highest BCUT2D eigenvalue weighted by molar-refractivity contribution is 6.30. The fourth-order valence-electron chi connectivity index (χ4n) is 1.69. The lowest BCUT2D eigenvalue weighted by Gasteiger charge is -2.31. The molecular formula is C12H19ClN2O. The molecule has 0 aliphatic heterocycles. The summed E-state index contributed by atoms with van der Waals surface area (Å²) >= 11 is 5.95. The van der Waals surface area contributed by atoms with Gasteiger partial charge in [-0.25, -0.2) is 0 Å². The van der Waals surface area contributed by atoms with E-state index >= 15 is 0 Å². The van der Waals surface area contributed by atoms with E-state index in [1.54, 1.807) is 0 Å². The molecule has 2 unspecified atom stereocenters. The van der Waals surface area contributed by atoms with Crippen LogP contribution in [0.15, 0.2) is 24.3 Å². The normalized spacial score (nSPS) is 15.1. The standard InChI is InChI=1S/C12H19ClN2O/c1-9(15(2)12(7-14)8-16)10-4-3-5-11(13)6-10/h3-6,9,12,16H,7-8,14H2,1-2H3. The first-order valence-corrected chi connectivity index (χ1v) is 5.76. The third-order valence-electron chi connectivity index (χ3n) is 3.00. The Hall–Kier alpha value is -0.610. The number of rotatable bonds is 5. The fourth-order valence-corrected chi connectivity index (χ4v) is 1.89.